The van der Waals surface area contributed by atoms with Crippen LogP contribution < -0.4 is 19.7 Å². The Labute approximate surface area is 142 Å². The fourth-order valence-corrected chi connectivity index (χ4v) is 3.16. The Kier molecular flexibility index (Phi) is 5.48. The number of hydrogen-bond acceptors (Lipinski definition) is 6. The molecule has 3 rings (SSSR count). The van der Waals surface area contributed by atoms with Crippen LogP contribution in [0.4, 0.5) is 5.82 Å². The van der Waals surface area contributed by atoms with Crippen molar-refractivity contribution in [3.05, 3.63) is 42.1 Å². The number of nitrogens with zero attached hydrogens (tertiary/aromatic N) is 3. The van der Waals surface area contributed by atoms with Crippen molar-refractivity contribution >= 4 is 5.82 Å². The van der Waals surface area contributed by atoms with E-state index in [9.17, 15) is 0 Å². The molecule has 1 aliphatic heterocycles. The Morgan fingerprint density at radius 2 is 2.12 bits per heavy atom. The first-order valence-electron chi connectivity index (χ1n) is 8.27. The smallest absolute Gasteiger partial charge is 0.165 e. The Morgan fingerprint density at radius 3 is 2.88 bits per heavy atom. The van der Waals surface area contributed by atoms with Gasteiger partial charge < -0.3 is 19.7 Å². The summed E-state index contributed by atoms with van der Waals surface area (Å²) >= 11 is 0. The first-order chi connectivity index (χ1) is 11.8. The summed E-state index contributed by atoms with van der Waals surface area (Å²) in [7, 11) is 3.34. The number of nitrogens with one attached hydrogen (secondary N) is 1. The Bertz CT molecular complexity index is 651. The molecule has 0 amide bonds. The van der Waals surface area contributed by atoms with E-state index >= 15 is 0 Å². The third-order valence-electron chi connectivity index (χ3n) is 4.37. The summed E-state index contributed by atoms with van der Waals surface area (Å²) in [5.74, 6) is 2.51. The fraction of sp³-hybridized carbons (Fsp3) is 0.444. The molecule has 1 N–H and O–H groups in total. The predicted octanol–water partition coefficient (Wildman–Crippen LogP) is 2.25. The van der Waals surface area contributed by atoms with Crippen molar-refractivity contribution in [2.75, 3.05) is 32.2 Å². The molecule has 6 nitrogen and oxygen atoms in total. The minimum Gasteiger partial charge on any atom is -0.493 e. The van der Waals surface area contributed by atoms with E-state index in [2.05, 4.69) is 26.5 Å². The molecule has 1 aliphatic rings. The number of hydrogen-bond donors (Lipinski definition) is 1. The highest BCUT2D eigenvalue weighted by atomic mass is 16.5. The molecule has 0 spiro atoms. The first kappa shape index (κ1) is 16.5. The molecule has 1 aromatic carbocycles. The minimum absolute atomic E-state index is 0.414. The second kappa shape index (κ2) is 7.97. The maximum absolute atomic E-state index is 5.50. The van der Waals surface area contributed by atoms with Crippen LogP contribution in [-0.4, -0.2) is 43.5 Å². The zero-order valence-electron chi connectivity index (χ0n) is 14.2. The largest absolute Gasteiger partial charge is 0.493 e. The van der Waals surface area contributed by atoms with Crippen molar-refractivity contribution in [3.63, 3.8) is 0 Å². The summed E-state index contributed by atoms with van der Waals surface area (Å²) in [6.45, 7) is 2.71. The molecule has 0 saturated carbocycles. The van der Waals surface area contributed by atoms with Gasteiger partial charge in [0.15, 0.2) is 17.3 Å². The van der Waals surface area contributed by atoms with Gasteiger partial charge in [-0.25, -0.2) is 0 Å². The molecule has 128 valence electrons. The second-order valence-corrected chi connectivity index (χ2v) is 5.90. The highest BCUT2D eigenvalue weighted by Gasteiger charge is 2.21. The van der Waals surface area contributed by atoms with Crippen molar-refractivity contribution in [3.8, 4) is 11.5 Å². The first-order valence-corrected chi connectivity index (χ1v) is 8.27. The highest BCUT2D eigenvalue weighted by Crippen LogP contribution is 2.30. The van der Waals surface area contributed by atoms with Crippen LogP contribution in [0.25, 0.3) is 0 Å². The van der Waals surface area contributed by atoms with Gasteiger partial charge in [0.2, 0.25) is 0 Å². The molecule has 24 heavy (non-hydrogen) atoms. The van der Waals surface area contributed by atoms with Gasteiger partial charge in [0.1, 0.15) is 0 Å². The molecule has 2 aromatic rings. The average Bonchev–Trinajstić information content (AvgIpc) is 2.66. The van der Waals surface area contributed by atoms with Gasteiger partial charge >= 0.3 is 0 Å². The zero-order chi connectivity index (χ0) is 16.8. The number of para-hydroxylation sites is 1. The number of benzene rings is 1. The number of rotatable bonds is 6. The second-order valence-electron chi connectivity index (χ2n) is 5.90. The van der Waals surface area contributed by atoms with Gasteiger partial charge in [0, 0.05) is 37.4 Å². The maximum atomic E-state index is 5.50. The lowest BCUT2D eigenvalue weighted by molar-refractivity contribution is 0.348. The van der Waals surface area contributed by atoms with Crippen molar-refractivity contribution < 1.29 is 9.47 Å². The van der Waals surface area contributed by atoms with Crippen LogP contribution in [0.5, 0.6) is 11.5 Å². The number of piperidine rings is 1. The van der Waals surface area contributed by atoms with E-state index in [1.807, 2.05) is 24.3 Å². The van der Waals surface area contributed by atoms with E-state index in [0.717, 1.165) is 55.4 Å². The zero-order valence-corrected chi connectivity index (χ0v) is 14.2. The maximum Gasteiger partial charge on any atom is 0.165 e. The topological polar surface area (TPSA) is 59.5 Å². The third-order valence-corrected chi connectivity index (χ3v) is 4.37. The summed E-state index contributed by atoms with van der Waals surface area (Å²) < 4.78 is 10.9. The molecular formula is C18H24N4O2. The molecule has 1 unspecified atom stereocenters. The Morgan fingerprint density at radius 1 is 1.21 bits per heavy atom. The van der Waals surface area contributed by atoms with Gasteiger partial charge in [-0.05, 0) is 31.0 Å². The molecule has 1 fully saturated rings. The molecule has 1 aromatic heterocycles. The monoisotopic (exact) mass is 328 g/mol. The van der Waals surface area contributed by atoms with Gasteiger partial charge in [0.25, 0.3) is 0 Å². The molecule has 2 heterocycles. The van der Waals surface area contributed by atoms with Crippen LogP contribution >= 0.6 is 0 Å². The average molecular weight is 328 g/mol. The summed E-state index contributed by atoms with van der Waals surface area (Å²) in [5.41, 5.74) is 1.11. The lowest BCUT2D eigenvalue weighted by atomic mass is 10.0. The third kappa shape index (κ3) is 3.76. The van der Waals surface area contributed by atoms with Crippen molar-refractivity contribution in [2.24, 2.45) is 0 Å². The number of anilines is 1. The lowest BCUT2D eigenvalue weighted by Gasteiger charge is -2.33. The molecule has 0 aliphatic carbocycles. The normalized spacial score (nSPS) is 17.6. The molecule has 1 atom stereocenters. The van der Waals surface area contributed by atoms with Crippen molar-refractivity contribution in [2.45, 2.75) is 25.4 Å². The fourth-order valence-electron chi connectivity index (χ4n) is 3.16. The Balaban J connectivity index is 1.63. The highest BCUT2D eigenvalue weighted by molar-refractivity contribution is 5.46. The SMILES string of the molecule is COc1cccc(CNC2CCCN(c3cccnn3)C2)c1OC. The molecular weight excluding hydrogens is 304 g/mol. The van der Waals surface area contributed by atoms with Crippen LogP contribution in [0.1, 0.15) is 18.4 Å². The van der Waals surface area contributed by atoms with Crippen molar-refractivity contribution in [1.29, 1.82) is 0 Å². The van der Waals surface area contributed by atoms with Crippen LogP contribution in [0.3, 0.4) is 0 Å². The van der Waals surface area contributed by atoms with Gasteiger partial charge in [0.05, 0.1) is 14.2 Å². The summed E-state index contributed by atoms with van der Waals surface area (Å²) in [6, 6.07) is 10.3. The summed E-state index contributed by atoms with van der Waals surface area (Å²) in [5, 5.41) is 11.8. The van der Waals surface area contributed by atoms with Crippen LogP contribution in [0, 0.1) is 0 Å². The number of aromatic nitrogens is 2. The molecule has 0 bridgehead atoms. The van der Waals surface area contributed by atoms with E-state index < -0.39 is 0 Å². The van der Waals surface area contributed by atoms with E-state index in [-0.39, 0.29) is 0 Å². The van der Waals surface area contributed by atoms with Gasteiger partial charge in [-0.2, -0.15) is 5.10 Å². The van der Waals surface area contributed by atoms with Gasteiger partial charge in [-0.15, -0.1) is 5.10 Å². The predicted molar refractivity (Wildman–Crippen MR) is 93.7 cm³/mol. The molecule has 1 saturated heterocycles. The van der Waals surface area contributed by atoms with E-state index in [1.54, 1.807) is 20.4 Å². The number of methoxy groups -OCH3 is 2. The van der Waals surface area contributed by atoms with E-state index in [1.165, 1.54) is 0 Å². The van der Waals surface area contributed by atoms with Gasteiger partial charge in [-0.1, -0.05) is 12.1 Å². The summed E-state index contributed by atoms with van der Waals surface area (Å²) in [4.78, 5) is 2.29. The standard InChI is InChI=1S/C18H24N4O2/c1-23-16-8-3-6-14(18(16)24-2)12-19-15-7-5-11-22(13-15)17-9-4-10-20-21-17/h3-4,6,8-10,15,19H,5,7,11-13H2,1-2H3. The quantitative estimate of drug-likeness (QED) is 0.878. The van der Waals surface area contributed by atoms with Crippen LogP contribution in [-0.2, 0) is 6.54 Å². The van der Waals surface area contributed by atoms with Crippen LogP contribution in [0.2, 0.25) is 0 Å². The lowest BCUT2D eigenvalue weighted by Crippen LogP contribution is -2.45. The van der Waals surface area contributed by atoms with E-state index in [4.69, 9.17) is 9.47 Å². The number of ether oxygens (including phenoxy) is 2. The van der Waals surface area contributed by atoms with Gasteiger partial charge in [-0.3, -0.25) is 0 Å². The minimum atomic E-state index is 0.414. The van der Waals surface area contributed by atoms with E-state index in [0.29, 0.717) is 6.04 Å². The molecule has 0 radical (unpaired) electrons. The van der Waals surface area contributed by atoms with Crippen molar-refractivity contribution in [1.82, 2.24) is 15.5 Å². The Hall–Kier alpha value is -2.34. The molecule has 6 heteroatoms. The summed E-state index contributed by atoms with van der Waals surface area (Å²) in [6.07, 6.45) is 4.00. The van der Waals surface area contributed by atoms with Crippen LogP contribution in [0.15, 0.2) is 36.5 Å².